The van der Waals surface area contributed by atoms with Gasteiger partial charge >= 0.3 is 0 Å². The van der Waals surface area contributed by atoms with Crippen molar-refractivity contribution in [1.29, 1.82) is 0 Å². The molecule has 1 fully saturated rings. The third-order valence-corrected chi connectivity index (χ3v) is 2.42. The van der Waals surface area contributed by atoms with E-state index in [0.717, 1.165) is 5.69 Å². The summed E-state index contributed by atoms with van der Waals surface area (Å²) < 4.78 is 0. The van der Waals surface area contributed by atoms with Crippen molar-refractivity contribution in [3.8, 4) is 0 Å². The van der Waals surface area contributed by atoms with Crippen LogP contribution in [0, 0.1) is 0 Å². The van der Waals surface area contributed by atoms with Gasteiger partial charge in [-0.3, -0.25) is 9.59 Å². The molecule has 1 aliphatic carbocycles. The van der Waals surface area contributed by atoms with Crippen LogP contribution >= 0.6 is 11.6 Å². The van der Waals surface area contributed by atoms with Gasteiger partial charge in [-0.1, -0.05) is 43.9 Å². The van der Waals surface area contributed by atoms with E-state index >= 15 is 0 Å². The second-order valence-corrected chi connectivity index (χ2v) is 4.34. The number of hydrogen-bond acceptors (Lipinski definition) is 2. The quantitative estimate of drug-likeness (QED) is 0.820. The summed E-state index contributed by atoms with van der Waals surface area (Å²) in [6, 6.07) is 9.21. The first-order valence-electron chi connectivity index (χ1n) is 6.23. The fourth-order valence-corrected chi connectivity index (χ4v) is 1.03. The molecule has 1 saturated carbocycles. The standard InChI is InChI=1S/C8H8ClNO.C4H8.C2H5NO/c9-6-8(11)10-7-4-2-1-3-5-7;1-2-4-3-1;1-2(3)4/h1-5H,6H2,(H,10,11);1-4H2;1H3,(H2,3,4). The maximum absolute atomic E-state index is 10.7. The number of nitrogens with one attached hydrogen (secondary N) is 1. The van der Waals surface area contributed by atoms with Crippen molar-refractivity contribution in [3.63, 3.8) is 0 Å². The molecule has 106 valence electrons. The monoisotopic (exact) mass is 284 g/mol. The van der Waals surface area contributed by atoms with Crippen LogP contribution in [-0.4, -0.2) is 17.7 Å². The maximum Gasteiger partial charge on any atom is 0.239 e. The normalized spacial score (nSPS) is 11.7. The topological polar surface area (TPSA) is 72.2 Å². The van der Waals surface area contributed by atoms with Crippen molar-refractivity contribution in [2.45, 2.75) is 32.6 Å². The van der Waals surface area contributed by atoms with Gasteiger partial charge in [0, 0.05) is 12.6 Å². The van der Waals surface area contributed by atoms with Crippen LogP contribution in [0.3, 0.4) is 0 Å². The fourth-order valence-electron chi connectivity index (χ4n) is 0.966. The molecule has 1 aliphatic rings. The average molecular weight is 285 g/mol. The third-order valence-electron chi connectivity index (χ3n) is 2.18. The number of hydrogen-bond donors (Lipinski definition) is 2. The largest absolute Gasteiger partial charge is 0.370 e. The summed E-state index contributed by atoms with van der Waals surface area (Å²) in [5.41, 5.74) is 5.25. The van der Waals surface area contributed by atoms with Crippen molar-refractivity contribution < 1.29 is 9.59 Å². The number of carbonyl (C=O) groups is 2. The Morgan fingerprint density at radius 2 is 1.58 bits per heavy atom. The summed E-state index contributed by atoms with van der Waals surface area (Å²) in [5.74, 6) is -0.521. The number of anilines is 1. The van der Waals surface area contributed by atoms with E-state index in [9.17, 15) is 9.59 Å². The molecule has 0 aromatic heterocycles. The van der Waals surface area contributed by atoms with E-state index in [1.807, 2.05) is 30.3 Å². The summed E-state index contributed by atoms with van der Waals surface area (Å²) in [6.07, 6.45) is 6.00. The molecule has 0 unspecified atom stereocenters. The molecule has 5 heteroatoms. The first-order valence-corrected chi connectivity index (χ1v) is 6.76. The van der Waals surface area contributed by atoms with Gasteiger partial charge in [-0.15, -0.1) is 11.6 Å². The van der Waals surface area contributed by atoms with Crippen LogP contribution in [0.1, 0.15) is 32.6 Å². The van der Waals surface area contributed by atoms with Crippen molar-refractivity contribution in [3.05, 3.63) is 30.3 Å². The molecule has 0 saturated heterocycles. The van der Waals surface area contributed by atoms with E-state index in [1.165, 1.54) is 32.6 Å². The summed E-state index contributed by atoms with van der Waals surface area (Å²) in [4.78, 5) is 20.0. The Morgan fingerprint density at radius 1 is 1.16 bits per heavy atom. The lowest BCUT2D eigenvalue weighted by molar-refractivity contribution is -0.116. The highest BCUT2D eigenvalue weighted by atomic mass is 35.5. The van der Waals surface area contributed by atoms with Crippen molar-refractivity contribution >= 4 is 29.1 Å². The number of halogens is 1. The third kappa shape index (κ3) is 12.7. The van der Waals surface area contributed by atoms with Gasteiger partial charge in [-0.25, -0.2) is 0 Å². The van der Waals surface area contributed by atoms with Gasteiger partial charge in [-0.2, -0.15) is 0 Å². The van der Waals surface area contributed by atoms with Gasteiger partial charge in [-0.05, 0) is 12.1 Å². The van der Waals surface area contributed by atoms with Crippen molar-refractivity contribution in [2.75, 3.05) is 11.2 Å². The zero-order valence-electron chi connectivity index (χ0n) is 11.2. The van der Waals surface area contributed by atoms with Crippen LogP contribution in [0.25, 0.3) is 0 Å². The summed E-state index contributed by atoms with van der Waals surface area (Å²) in [7, 11) is 0. The lowest BCUT2D eigenvalue weighted by Crippen LogP contribution is -2.12. The number of amides is 2. The molecule has 19 heavy (non-hydrogen) atoms. The molecule has 0 atom stereocenters. The highest BCUT2D eigenvalue weighted by Crippen LogP contribution is 2.15. The molecule has 1 aromatic rings. The number of benzene rings is 1. The number of primary amides is 1. The summed E-state index contributed by atoms with van der Waals surface area (Å²) >= 11 is 5.29. The molecular formula is C14H21ClN2O2. The zero-order valence-corrected chi connectivity index (χ0v) is 12.0. The predicted octanol–water partition coefficient (Wildman–Crippen LogP) is 2.92. The SMILES string of the molecule is C1CCC1.CC(N)=O.O=C(CCl)Nc1ccccc1. The highest BCUT2D eigenvalue weighted by molar-refractivity contribution is 6.29. The molecule has 0 radical (unpaired) electrons. The minimum atomic E-state index is -0.333. The second kappa shape index (κ2) is 11.5. The van der Waals surface area contributed by atoms with Crippen LogP contribution in [-0.2, 0) is 9.59 Å². The molecule has 0 spiro atoms. The first kappa shape index (κ1) is 17.4. The van der Waals surface area contributed by atoms with Crippen LogP contribution in [0.15, 0.2) is 30.3 Å². The Hall–Kier alpha value is -1.55. The Kier molecular flexibility index (Phi) is 10.6. The van der Waals surface area contributed by atoms with Crippen LogP contribution in [0.5, 0.6) is 0 Å². The predicted molar refractivity (Wildman–Crippen MR) is 79.1 cm³/mol. The Balaban J connectivity index is 0.000000331. The van der Waals surface area contributed by atoms with Gasteiger partial charge in [0.25, 0.3) is 0 Å². The van der Waals surface area contributed by atoms with Gasteiger partial charge in [0.2, 0.25) is 11.8 Å². The molecule has 0 heterocycles. The average Bonchev–Trinajstić information content (AvgIpc) is 2.27. The number of nitrogens with two attached hydrogens (primary N) is 1. The number of carbonyl (C=O) groups excluding carboxylic acids is 2. The van der Waals surface area contributed by atoms with Crippen molar-refractivity contribution in [1.82, 2.24) is 0 Å². The molecule has 2 amide bonds. The van der Waals surface area contributed by atoms with Gasteiger partial charge in [0.05, 0.1) is 0 Å². The molecule has 0 bridgehead atoms. The molecule has 4 nitrogen and oxygen atoms in total. The Morgan fingerprint density at radius 3 is 1.89 bits per heavy atom. The van der Waals surface area contributed by atoms with Crippen molar-refractivity contribution in [2.24, 2.45) is 5.73 Å². The zero-order chi connectivity index (χ0) is 14.5. The van der Waals surface area contributed by atoms with Crippen LogP contribution in [0.4, 0.5) is 5.69 Å². The van der Waals surface area contributed by atoms with Gasteiger partial charge < -0.3 is 11.1 Å². The number of para-hydroxylation sites is 1. The van der Waals surface area contributed by atoms with Crippen LogP contribution in [0.2, 0.25) is 0 Å². The van der Waals surface area contributed by atoms with E-state index in [2.05, 4.69) is 11.1 Å². The minimum Gasteiger partial charge on any atom is -0.370 e. The van der Waals surface area contributed by atoms with E-state index in [4.69, 9.17) is 11.6 Å². The van der Waals surface area contributed by atoms with Gasteiger partial charge in [0.15, 0.2) is 0 Å². The van der Waals surface area contributed by atoms with E-state index in [0.29, 0.717) is 0 Å². The lowest BCUT2D eigenvalue weighted by atomic mass is 10.0. The van der Waals surface area contributed by atoms with E-state index in [-0.39, 0.29) is 17.7 Å². The fraction of sp³-hybridized carbons (Fsp3) is 0.429. The van der Waals surface area contributed by atoms with E-state index < -0.39 is 0 Å². The van der Waals surface area contributed by atoms with Crippen LogP contribution < -0.4 is 11.1 Å². The number of rotatable bonds is 2. The molecular weight excluding hydrogens is 264 g/mol. The summed E-state index contributed by atoms with van der Waals surface area (Å²) in [5, 5.41) is 2.62. The minimum absolute atomic E-state index is 0.00507. The van der Waals surface area contributed by atoms with Gasteiger partial charge in [0.1, 0.15) is 5.88 Å². The Bertz CT molecular complexity index is 357. The molecule has 1 aromatic carbocycles. The van der Waals surface area contributed by atoms with E-state index in [1.54, 1.807) is 0 Å². The second-order valence-electron chi connectivity index (χ2n) is 4.07. The highest BCUT2D eigenvalue weighted by Gasteiger charge is 1.96. The molecule has 0 aliphatic heterocycles. The lowest BCUT2D eigenvalue weighted by Gasteiger charge is -2.05. The number of alkyl halides is 1. The molecule has 2 rings (SSSR count). The smallest absolute Gasteiger partial charge is 0.239 e. The first-order chi connectivity index (χ1) is 9.06. The maximum atomic E-state index is 10.7. The Labute approximate surface area is 119 Å². The summed E-state index contributed by atoms with van der Waals surface area (Å²) in [6.45, 7) is 1.31. The molecule has 3 N–H and O–H groups in total.